The summed E-state index contributed by atoms with van der Waals surface area (Å²) in [7, 11) is 3.14. The topological polar surface area (TPSA) is 30.5 Å². The van der Waals surface area contributed by atoms with E-state index in [1.54, 1.807) is 20.3 Å². The summed E-state index contributed by atoms with van der Waals surface area (Å²) in [5, 5.41) is 3.15. The Balaban J connectivity index is 2.01. The molecule has 2 aromatic carbocycles. The SMILES string of the molecule is COc1ccc(CC(C)NCc2ccccc2C(F)(F)F)cc1OC. The average molecular weight is 353 g/mol. The van der Waals surface area contributed by atoms with Crippen LogP contribution < -0.4 is 14.8 Å². The first-order valence-corrected chi connectivity index (χ1v) is 7.94. The van der Waals surface area contributed by atoms with Crippen LogP contribution in [0.4, 0.5) is 13.2 Å². The zero-order chi connectivity index (χ0) is 18.4. The molecule has 0 saturated carbocycles. The van der Waals surface area contributed by atoms with Crippen molar-refractivity contribution in [2.75, 3.05) is 14.2 Å². The van der Waals surface area contributed by atoms with Crippen LogP contribution in [-0.4, -0.2) is 20.3 Å². The van der Waals surface area contributed by atoms with Crippen molar-refractivity contribution in [3.8, 4) is 11.5 Å². The van der Waals surface area contributed by atoms with Gasteiger partial charge in [-0.2, -0.15) is 13.2 Å². The van der Waals surface area contributed by atoms with Crippen LogP contribution in [0.5, 0.6) is 11.5 Å². The first-order valence-electron chi connectivity index (χ1n) is 7.94. The molecule has 0 radical (unpaired) electrons. The van der Waals surface area contributed by atoms with Crippen molar-refractivity contribution in [3.63, 3.8) is 0 Å². The minimum absolute atomic E-state index is 0.000564. The molecule has 3 nitrogen and oxygen atoms in total. The molecule has 0 heterocycles. The molecule has 1 unspecified atom stereocenters. The highest BCUT2D eigenvalue weighted by atomic mass is 19.4. The number of hydrogen-bond acceptors (Lipinski definition) is 3. The highest BCUT2D eigenvalue weighted by molar-refractivity contribution is 5.43. The number of benzene rings is 2. The maximum Gasteiger partial charge on any atom is 0.416 e. The summed E-state index contributed by atoms with van der Waals surface area (Å²) in [5.41, 5.74) is 0.664. The smallest absolute Gasteiger partial charge is 0.416 e. The van der Waals surface area contributed by atoms with Crippen LogP contribution in [0.1, 0.15) is 23.6 Å². The molecule has 136 valence electrons. The number of nitrogens with one attached hydrogen (secondary N) is 1. The summed E-state index contributed by atoms with van der Waals surface area (Å²) < 4.78 is 49.5. The fraction of sp³-hybridized carbons (Fsp3) is 0.368. The molecule has 0 aliphatic carbocycles. The summed E-state index contributed by atoms with van der Waals surface area (Å²) in [6.45, 7) is 2.09. The molecule has 0 aliphatic rings. The first-order chi connectivity index (χ1) is 11.8. The van der Waals surface area contributed by atoms with Crippen LogP contribution in [0.25, 0.3) is 0 Å². The number of methoxy groups -OCH3 is 2. The Bertz CT molecular complexity index is 701. The van der Waals surface area contributed by atoms with Crippen molar-refractivity contribution < 1.29 is 22.6 Å². The summed E-state index contributed by atoms with van der Waals surface area (Å²) >= 11 is 0. The summed E-state index contributed by atoms with van der Waals surface area (Å²) in [4.78, 5) is 0. The Morgan fingerprint density at radius 3 is 2.32 bits per heavy atom. The number of ether oxygens (including phenoxy) is 2. The summed E-state index contributed by atoms with van der Waals surface area (Å²) in [6.07, 6.45) is -3.68. The highest BCUT2D eigenvalue weighted by Crippen LogP contribution is 2.32. The Labute approximate surface area is 145 Å². The second kappa shape index (κ2) is 8.25. The molecule has 2 rings (SSSR count). The maximum absolute atomic E-state index is 13.0. The van der Waals surface area contributed by atoms with Crippen LogP contribution >= 0.6 is 0 Å². The van der Waals surface area contributed by atoms with Crippen LogP contribution in [0.2, 0.25) is 0 Å². The van der Waals surface area contributed by atoms with E-state index >= 15 is 0 Å². The van der Waals surface area contributed by atoms with Gasteiger partial charge in [-0.3, -0.25) is 0 Å². The van der Waals surface area contributed by atoms with Crippen molar-refractivity contribution in [2.45, 2.75) is 32.1 Å². The van der Waals surface area contributed by atoms with Crippen molar-refractivity contribution in [1.29, 1.82) is 0 Å². The normalized spacial score (nSPS) is 12.7. The van der Waals surface area contributed by atoms with Gasteiger partial charge in [0.25, 0.3) is 0 Å². The molecular weight excluding hydrogens is 331 g/mol. The largest absolute Gasteiger partial charge is 0.493 e. The Hall–Kier alpha value is -2.21. The van der Waals surface area contributed by atoms with E-state index in [-0.39, 0.29) is 18.2 Å². The third-order valence-corrected chi connectivity index (χ3v) is 3.95. The van der Waals surface area contributed by atoms with Gasteiger partial charge in [0.15, 0.2) is 11.5 Å². The standard InChI is InChI=1S/C19H22F3NO2/c1-13(10-14-8-9-17(24-2)18(11-14)25-3)23-12-15-6-4-5-7-16(15)19(20,21)22/h4-9,11,13,23H,10,12H2,1-3H3. The second-order valence-corrected chi connectivity index (χ2v) is 5.83. The fourth-order valence-corrected chi connectivity index (χ4v) is 2.67. The lowest BCUT2D eigenvalue weighted by atomic mass is 10.0. The van der Waals surface area contributed by atoms with Crippen LogP contribution in [0.3, 0.4) is 0 Å². The predicted molar refractivity (Wildman–Crippen MR) is 91.0 cm³/mol. The number of alkyl halides is 3. The average Bonchev–Trinajstić information content (AvgIpc) is 2.59. The van der Waals surface area contributed by atoms with Crippen molar-refractivity contribution in [3.05, 3.63) is 59.2 Å². The molecule has 0 aromatic heterocycles. The molecule has 0 bridgehead atoms. The van der Waals surface area contributed by atoms with Crippen LogP contribution in [-0.2, 0) is 19.1 Å². The zero-order valence-corrected chi connectivity index (χ0v) is 14.5. The lowest BCUT2D eigenvalue weighted by molar-refractivity contribution is -0.138. The van der Waals surface area contributed by atoms with Gasteiger partial charge in [-0.25, -0.2) is 0 Å². The zero-order valence-electron chi connectivity index (χ0n) is 14.5. The molecule has 25 heavy (non-hydrogen) atoms. The second-order valence-electron chi connectivity index (χ2n) is 5.83. The van der Waals surface area contributed by atoms with E-state index in [0.717, 1.165) is 11.6 Å². The molecule has 0 saturated heterocycles. The molecule has 0 spiro atoms. The summed E-state index contributed by atoms with van der Waals surface area (Å²) in [5.74, 6) is 1.28. The van der Waals surface area contributed by atoms with Gasteiger partial charge in [-0.05, 0) is 42.7 Å². The van der Waals surface area contributed by atoms with Gasteiger partial charge in [0.2, 0.25) is 0 Å². The van der Waals surface area contributed by atoms with Gasteiger partial charge in [0, 0.05) is 12.6 Å². The molecule has 0 aliphatic heterocycles. The Kier molecular flexibility index (Phi) is 6.31. The highest BCUT2D eigenvalue weighted by Gasteiger charge is 2.32. The van der Waals surface area contributed by atoms with E-state index in [1.165, 1.54) is 12.1 Å². The van der Waals surface area contributed by atoms with Gasteiger partial charge >= 0.3 is 6.18 Å². The van der Waals surface area contributed by atoms with Crippen molar-refractivity contribution in [2.24, 2.45) is 0 Å². The van der Waals surface area contributed by atoms with E-state index in [1.807, 2.05) is 25.1 Å². The summed E-state index contributed by atoms with van der Waals surface area (Å²) in [6, 6.07) is 11.2. The van der Waals surface area contributed by atoms with Crippen LogP contribution in [0, 0.1) is 0 Å². The number of rotatable bonds is 7. The lowest BCUT2D eigenvalue weighted by Gasteiger charge is -2.18. The van der Waals surface area contributed by atoms with Crippen molar-refractivity contribution in [1.82, 2.24) is 5.32 Å². The van der Waals surface area contributed by atoms with Crippen LogP contribution in [0.15, 0.2) is 42.5 Å². The monoisotopic (exact) mass is 353 g/mol. The first kappa shape index (κ1) is 19.1. The minimum Gasteiger partial charge on any atom is -0.493 e. The van der Waals surface area contributed by atoms with Gasteiger partial charge in [-0.1, -0.05) is 24.3 Å². The van der Waals surface area contributed by atoms with Gasteiger partial charge in [-0.15, -0.1) is 0 Å². The lowest BCUT2D eigenvalue weighted by Crippen LogP contribution is -2.28. The fourth-order valence-electron chi connectivity index (χ4n) is 2.67. The van der Waals surface area contributed by atoms with Gasteiger partial charge in [0.05, 0.1) is 19.8 Å². The molecule has 2 aromatic rings. The molecule has 1 N–H and O–H groups in total. The van der Waals surface area contributed by atoms with Gasteiger partial charge < -0.3 is 14.8 Å². The van der Waals surface area contributed by atoms with E-state index < -0.39 is 11.7 Å². The van der Waals surface area contributed by atoms with Crippen molar-refractivity contribution >= 4 is 0 Å². The Morgan fingerprint density at radius 2 is 1.68 bits per heavy atom. The van der Waals surface area contributed by atoms with E-state index in [0.29, 0.717) is 17.9 Å². The molecule has 1 atom stereocenters. The quantitative estimate of drug-likeness (QED) is 0.798. The molecule has 6 heteroatoms. The third-order valence-electron chi connectivity index (χ3n) is 3.95. The van der Waals surface area contributed by atoms with E-state index in [4.69, 9.17) is 9.47 Å². The molecule has 0 fully saturated rings. The Morgan fingerprint density at radius 1 is 1.00 bits per heavy atom. The van der Waals surface area contributed by atoms with E-state index in [2.05, 4.69) is 5.32 Å². The molecule has 0 amide bonds. The minimum atomic E-state index is -4.34. The maximum atomic E-state index is 13.0. The van der Waals surface area contributed by atoms with E-state index in [9.17, 15) is 13.2 Å². The number of hydrogen-bond donors (Lipinski definition) is 1. The predicted octanol–water partition coefficient (Wildman–Crippen LogP) is 4.44. The number of halogens is 3. The third kappa shape index (κ3) is 5.13. The molecular formula is C19H22F3NO2. The van der Waals surface area contributed by atoms with Gasteiger partial charge in [0.1, 0.15) is 0 Å².